The zero-order valence-corrected chi connectivity index (χ0v) is 15.9. The lowest BCUT2D eigenvalue weighted by atomic mass is 9.96. The third kappa shape index (κ3) is 4.32. The Kier molecular flexibility index (Phi) is 5.73. The number of ether oxygens (including phenoxy) is 1. The van der Waals surface area contributed by atoms with Crippen LogP contribution in [-0.2, 0) is 16.0 Å². The molecule has 0 bridgehead atoms. The first kappa shape index (κ1) is 18.2. The number of hydrogen-bond acceptors (Lipinski definition) is 3. The Bertz CT molecular complexity index is 832. The van der Waals surface area contributed by atoms with E-state index in [2.05, 4.69) is 26.6 Å². The van der Waals surface area contributed by atoms with E-state index in [-0.39, 0.29) is 12.6 Å². The van der Waals surface area contributed by atoms with E-state index in [9.17, 15) is 9.59 Å². The first-order chi connectivity index (χ1) is 12.5. The number of allylic oxidation sites excluding steroid dienone is 1. The van der Waals surface area contributed by atoms with Gasteiger partial charge in [0, 0.05) is 16.6 Å². The van der Waals surface area contributed by atoms with Gasteiger partial charge in [-0.2, -0.15) is 0 Å². The summed E-state index contributed by atoms with van der Waals surface area (Å²) in [5.74, 6) is -0.432. The molecule has 2 aromatic carbocycles. The predicted octanol–water partition coefficient (Wildman–Crippen LogP) is 3.86. The average molecular weight is 415 g/mol. The summed E-state index contributed by atoms with van der Waals surface area (Å²) in [4.78, 5) is 24.5. The highest BCUT2D eigenvalue weighted by Gasteiger charge is 2.32. The third-order valence-corrected chi connectivity index (χ3v) is 4.69. The molecule has 1 aliphatic rings. The molecule has 0 radical (unpaired) electrons. The van der Waals surface area contributed by atoms with Crippen LogP contribution in [0.2, 0.25) is 0 Å². The summed E-state index contributed by atoms with van der Waals surface area (Å²) >= 11 is 3.39. The second-order valence-electron chi connectivity index (χ2n) is 5.99. The molecule has 2 aromatic rings. The smallest absolute Gasteiger partial charge is 0.338 e. The van der Waals surface area contributed by atoms with E-state index in [1.807, 2.05) is 54.6 Å². The summed E-state index contributed by atoms with van der Waals surface area (Å²) in [6.07, 6.45) is 0.641. The molecule has 1 heterocycles. The van der Waals surface area contributed by atoms with Crippen LogP contribution < -0.4 is 10.6 Å². The first-order valence-corrected chi connectivity index (χ1v) is 9.08. The zero-order chi connectivity index (χ0) is 18.5. The summed E-state index contributed by atoms with van der Waals surface area (Å²) in [6, 6.07) is 16.4. The fourth-order valence-corrected chi connectivity index (χ4v) is 3.12. The lowest BCUT2D eigenvalue weighted by molar-refractivity contribution is -0.139. The van der Waals surface area contributed by atoms with E-state index in [4.69, 9.17) is 4.74 Å². The Morgan fingerprint density at radius 1 is 1.12 bits per heavy atom. The number of nitrogens with one attached hydrogen (secondary N) is 2. The Morgan fingerprint density at radius 2 is 1.81 bits per heavy atom. The number of amides is 2. The Labute approximate surface area is 160 Å². The maximum atomic E-state index is 12.7. The molecule has 134 valence electrons. The van der Waals surface area contributed by atoms with Gasteiger partial charge in [-0.05, 0) is 30.2 Å². The molecule has 6 heteroatoms. The molecule has 0 aromatic heterocycles. The standard InChI is InChI=1S/C20H19BrN2O3/c1-13-17(19(24)26-12-11-14-5-3-2-4-6-14)18(23-20(25)22-13)15-7-9-16(21)10-8-15/h2-10,18H,11-12H2,1H3,(H2,22,23,25)/t18-/m0/s1. The Hall–Kier alpha value is -2.60. The van der Waals surface area contributed by atoms with Crippen molar-refractivity contribution in [2.75, 3.05) is 6.61 Å². The van der Waals surface area contributed by atoms with Gasteiger partial charge >= 0.3 is 12.0 Å². The highest BCUT2D eigenvalue weighted by molar-refractivity contribution is 9.10. The molecule has 5 nitrogen and oxygen atoms in total. The highest BCUT2D eigenvalue weighted by atomic mass is 79.9. The number of hydrogen-bond donors (Lipinski definition) is 2. The summed E-state index contributed by atoms with van der Waals surface area (Å²) in [5, 5.41) is 5.45. The van der Waals surface area contributed by atoms with Gasteiger partial charge in [-0.25, -0.2) is 9.59 Å². The monoisotopic (exact) mass is 414 g/mol. The summed E-state index contributed by atoms with van der Waals surface area (Å²) in [6.45, 7) is 1.99. The number of carbonyl (C=O) groups excluding carboxylic acids is 2. The van der Waals surface area contributed by atoms with Gasteiger partial charge in [-0.3, -0.25) is 0 Å². The molecule has 0 saturated carbocycles. The van der Waals surface area contributed by atoms with Crippen LogP contribution in [0, 0.1) is 0 Å². The van der Waals surface area contributed by atoms with Crippen molar-refractivity contribution in [1.82, 2.24) is 10.6 Å². The van der Waals surface area contributed by atoms with Crippen LogP contribution in [0.4, 0.5) is 4.79 Å². The van der Waals surface area contributed by atoms with Crippen LogP contribution in [0.15, 0.2) is 70.3 Å². The molecular weight excluding hydrogens is 396 g/mol. The van der Waals surface area contributed by atoms with Crippen molar-refractivity contribution >= 4 is 27.9 Å². The number of halogens is 1. The minimum Gasteiger partial charge on any atom is -0.462 e. The largest absolute Gasteiger partial charge is 0.462 e. The van der Waals surface area contributed by atoms with Gasteiger partial charge in [-0.1, -0.05) is 58.4 Å². The molecule has 26 heavy (non-hydrogen) atoms. The van der Waals surface area contributed by atoms with Crippen molar-refractivity contribution in [3.05, 3.63) is 81.5 Å². The SMILES string of the molecule is CC1=C(C(=O)OCCc2ccccc2)[C@H](c2ccc(Br)cc2)NC(=O)N1. The van der Waals surface area contributed by atoms with Gasteiger partial charge in [-0.15, -0.1) is 0 Å². The first-order valence-electron chi connectivity index (χ1n) is 8.29. The summed E-state index contributed by atoms with van der Waals surface area (Å²) in [5.41, 5.74) is 2.84. The molecule has 0 saturated heterocycles. The molecule has 0 unspecified atom stereocenters. The van der Waals surface area contributed by atoms with Gasteiger partial charge in [0.15, 0.2) is 0 Å². The average Bonchev–Trinajstić information content (AvgIpc) is 2.62. The summed E-state index contributed by atoms with van der Waals surface area (Å²) < 4.78 is 6.39. The van der Waals surface area contributed by atoms with Crippen LogP contribution in [0.5, 0.6) is 0 Å². The second kappa shape index (κ2) is 8.19. The zero-order valence-electron chi connectivity index (χ0n) is 14.3. The van der Waals surface area contributed by atoms with Crippen LogP contribution in [0.25, 0.3) is 0 Å². The van der Waals surface area contributed by atoms with Gasteiger partial charge in [0.1, 0.15) is 0 Å². The molecule has 0 spiro atoms. The van der Waals surface area contributed by atoms with Gasteiger partial charge in [0.25, 0.3) is 0 Å². The van der Waals surface area contributed by atoms with Crippen molar-refractivity contribution in [2.24, 2.45) is 0 Å². The normalized spacial score (nSPS) is 16.7. The molecule has 0 fully saturated rings. The van der Waals surface area contributed by atoms with Gasteiger partial charge in [0.2, 0.25) is 0 Å². The Morgan fingerprint density at radius 3 is 2.50 bits per heavy atom. The van der Waals surface area contributed by atoms with Crippen molar-refractivity contribution in [3.63, 3.8) is 0 Å². The van der Waals surface area contributed by atoms with Gasteiger partial charge < -0.3 is 15.4 Å². The highest BCUT2D eigenvalue weighted by Crippen LogP contribution is 2.28. The van der Waals surface area contributed by atoms with E-state index in [1.165, 1.54) is 0 Å². The minimum absolute atomic E-state index is 0.278. The molecule has 1 aliphatic heterocycles. The van der Waals surface area contributed by atoms with Crippen LogP contribution in [-0.4, -0.2) is 18.6 Å². The molecule has 3 rings (SSSR count). The molecule has 2 amide bonds. The topological polar surface area (TPSA) is 67.4 Å². The second-order valence-corrected chi connectivity index (χ2v) is 6.91. The van der Waals surface area contributed by atoms with E-state index in [0.717, 1.165) is 15.6 Å². The van der Waals surface area contributed by atoms with Crippen molar-refractivity contribution in [2.45, 2.75) is 19.4 Å². The maximum Gasteiger partial charge on any atom is 0.338 e. The Balaban J connectivity index is 1.75. The fourth-order valence-electron chi connectivity index (χ4n) is 2.85. The van der Waals surface area contributed by atoms with Crippen LogP contribution >= 0.6 is 15.9 Å². The molecular formula is C20H19BrN2O3. The van der Waals surface area contributed by atoms with Crippen molar-refractivity contribution < 1.29 is 14.3 Å². The number of esters is 1. The number of benzene rings is 2. The fraction of sp³-hybridized carbons (Fsp3) is 0.200. The van der Waals surface area contributed by atoms with Crippen LogP contribution in [0.3, 0.4) is 0 Å². The molecule has 1 atom stereocenters. The van der Waals surface area contributed by atoms with E-state index >= 15 is 0 Å². The number of urea groups is 1. The van der Waals surface area contributed by atoms with E-state index in [0.29, 0.717) is 17.7 Å². The lowest BCUT2D eigenvalue weighted by Gasteiger charge is -2.28. The van der Waals surface area contributed by atoms with Crippen molar-refractivity contribution in [3.8, 4) is 0 Å². The summed E-state index contributed by atoms with van der Waals surface area (Å²) in [7, 11) is 0. The number of rotatable bonds is 5. The van der Waals surface area contributed by atoms with Gasteiger partial charge in [0.05, 0.1) is 18.2 Å². The van der Waals surface area contributed by atoms with Crippen LogP contribution in [0.1, 0.15) is 24.1 Å². The predicted molar refractivity (Wildman–Crippen MR) is 102 cm³/mol. The van der Waals surface area contributed by atoms with E-state index < -0.39 is 12.0 Å². The molecule has 0 aliphatic carbocycles. The quantitative estimate of drug-likeness (QED) is 0.729. The third-order valence-electron chi connectivity index (χ3n) is 4.16. The molecule has 2 N–H and O–H groups in total. The van der Waals surface area contributed by atoms with Crippen molar-refractivity contribution in [1.29, 1.82) is 0 Å². The van der Waals surface area contributed by atoms with E-state index in [1.54, 1.807) is 6.92 Å². The number of carbonyl (C=O) groups is 2. The minimum atomic E-state index is -0.541. The lowest BCUT2D eigenvalue weighted by Crippen LogP contribution is -2.45. The maximum absolute atomic E-state index is 12.7.